The van der Waals surface area contributed by atoms with Gasteiger partial charge in [-0.15, -0.1) is 0 Å². The van der Waals surface area contributed by atoms with Gasteiger partial charge < -0.3 is 9.94 Å². The van der Waals surface area contributed by atoms with Crippen molar-refractivity contribution in [1.29, 1.82) is 0 Å². The van der Waals surface area contributed by atoms with Crippen LogP contribution >= 0.6 is 0 Å². The van der Waals surface area contributed by atoms with E-state index in [1.165, 1.54) is 0 Å². The molecule has 1 atom stereocenters. The highest BCUT2D eigenvalue weighted by molar-refractivity contribution is 5.87. The minimum absolute atomic E-state index is 0.0414. The number of hydrogen-bond donors (Lipinski definition) is 1. The smallest absolute Gasteiger partial charge is 0.307 e. The molecule has 0 saturated heterocycles. The van der Waals surface area contributed by atoms with Crippen LogP contribution in [0.3, 0.4) is 0 Å². The van der Waals surface area contributed by atoms with Gasteiger partial charge in [0.1, 0.15) is 6.10 Å². The van der Waals surface area contributed by atoms with Crippen molar-refractivity contribution in [3.63, 3.8) is 0 Å². The van der Waals surface area contributed by atoms with Crippen molar-refractivity contribution >= 4 is 11.7 Å². The summed E-state index contributed by atoms with van der Waals surface area (Å²) >= 11 is 0. The molecule has 0 radical (unpaired) electrons. The first-order valence-corrected chi connectivity index (χ1v) is 4.04. The van der Waals surface area contributed by atoms with Gasteiger partial charge in [-0.05, 0) is 5.92 Å². The van der Waals surface area contributed by atoms with E-state index in [0.29, 0.717) is 12.3 Å². The molecule has 0 fully saturated rings. The summed E-state index contributed by atoms with van der Waals surface area (Å²) < 4.78 is 0. The lowest BCUT2D eigenvalue weighted by Crippen LogP contribution is -2.15. The molecule has 0 aromatic heterocycles. The zero-order valence-electron chi connectivity index (χ0n) is 7.28. The molecule has 0 spiro atoms. The summed E-state index contributed by atoms with van der Waals surface area (Å²) in [6, 6.07) is 0. The third kappa shape index (κ3) is 2.22. The maximum Gasteiger partial charge on any atom is 0.307 e. The third-order valence-electron chi connectivity index (χ3n) is 1.82. The minimum atomic E-state index is -0.833. The second-order valence-corrected chi connectivity index (χ2v) is 3.27. The zero-order chi connectivity index (χ0) is 9.14. The van der Waals surface area contributed by atoms with E-state index in [1.54, 1.807) is 0 Å². The van der Waals surface area contributed by atoms with E-state index in [9.17, 15) is 4.79 Å². The number of carbonyl (C=O) groups is 1. The van der Waals surface area contributed by atoms with E-state index in [2.05, 4.69) is 5.16 Å². The van der Waals surface area contributed by atoms with Crippen LogP contribution in [0.4, 0.5) is 0 Å². The molecule has 0 bridgehead atoms. The lowest BCUT2D eigenvalue weighted by Gasteiger charge is -2.03. The molecule has 1 N–H and O–H groups in total. The van der Waals surface area contributed by atoms with Crippen molar-refractivity contribution in [2.24, 2.45) is 11.1 Å². The molecule has 0 aromatic carbocycles. The summed E-state index contributed by atoms with van der Waals surface area (Å²) in [4.78, 5) is 15.2. The Bertz CT molecular complexity index is 210. The Kier molecular flexibility index (Phi) is 2.68. The molecule has 0 amide bonds. The van der Waals surface area contributed by atoms with Crippen LogP contribution in [-0.2, 0) is 9.63 Å². The SMILES string of the molecule is CC(C)C1=NOC(CC(=O)O)C1. The Morgan fingerprint density at radius 2 is 2.50 bits per heavy atom. The van der Waals surface area contributed by atoms with E-state index in [4.69, 9.17) is 9.94 Å². The normalized spacial score (nSPS) is 22.2. The monoisotopic (exact) mass is 171 g/mol. The van der Waals surface area contributed by atoms with Crippen LogP contribution in [0.2, 0.25) is 0 Å². The van der Waals surface area contributed by atoms with E-state index in [-0.39, 0.29) is 12.5 Å². The number of rotatable bonds is 3. The van der Waals surface area contributed by atoms with Gasteiger partial charge in [0.05, 0.1) is 12.1 Å². The fraction of sp³-hybridized carbons (Fsp3) is 0.750. The Labute approximate surface area is 71.2 Å². The summed E-state index contributed by atoms with van der Waals surface area (Å²) in [6.45, 7) is 4.04. The van der Waals surface area contributed by atoms with Gasteiger partial charge in [0.15, 0.2) is 0 Å². The number of carboxylic acids is 1. The average Bonchev–Trinajstić information content (AvgIpc) is 2.34. The zero-order valence-corrected chi connectivity index (χ0v) is 7.28. The van der Waals surface area contributed by atoms with Crippen molar-refractivity contribution in [3.8, 4) is 0 Å². The van der Waals surface area contributed by atoms with Crippen LogP contribution in [0.1, 0.15) is 26.7 Å². The van der Waals surface area contributed by atoms with E-state index in [0.717, 1.165) is 5.71 Å². The number of aliphatic carboxylic acids is 1. The van der Waals surface area contributed by atoms with Crippen molar-refractivity contribution in [3.05, 3.63) is 0 Å². The summed E-state index contributed by atoms with van der Waals surface area (Å²) in [7, 11) is 0. The lowest BCUT2D eigenvalue weighted by atomic mass is 10.0. The second-order valence-electron chi connectivity index (χ2n) is 3.27. The predicted octanol–water partition coefficient (Wildman–Crippen LogP) is 1.26. The van der Waals surface area contributed by atoms with Crippen LogP contribution in [0, 0.1) is 5.92 Å². The van der Waals surface area contributed by atoms with E-state index < -0.39 is 5.97 Å². The molecule has 0 aliphatic carbocycles. The molecular formula is C8H13NO3. The predicted molar refractivity (Wildman–Crippen MR) is 44.0 cm³/mol. The van der Waals surface area contributed by atoms with Crippen LogP contribution in [0.5, 0.6) is 0 Å². The standard InChI is InChI=1S/C8H13NO3/c1-5(2)7-3-6(12-9-7)4-8(10)11/h5-6H,3-4H2,1-2H3,(H,10,11). The highest BCUT2D eigenvalue weighted by atomic mass is 16.6. The van der Waals surface area contributed by atoms with Gasteiger partial charge in [0.25, 0.3) is 0 Å². The van der Waals surface area contributed by atoms with E-state index in [1.807, 2.05) is 13.8 Å². The first-order chi connectivity index (χ1) is 5.59. The largest absolute Gasteiger partial charge is 0.481 e. The Morgan fingerprint density at radius 3 is 2.92 bits per heavy atom. The van der Waals surface area contributed by atoms with Gasteiger partial charge in [0.2, 0.25) is 0 Å². The summed E-state index contributed by atoms with van der Waals surface area (Å²) in [5, 5.41) is 12.3. The van der Waals surface area contributed by atoms with Gasteiger partial charge in [-0.3, -0.25) is 4.79 Å². The van der Waals surface area contributed by atoms with Gasteiger partial charge in [-0.2, -0.15) is 0 Å². The highest BCUT2D eigenvalue weighted by Gasteiger charge is 2.24. The average molecular weight is 171 g/mol. The third-order valence-corrected chi connectivity index (χ3v) is 1.82. The molecule has 12 heavy (non-hydrogen) atoms. The van der Waals surface area contributed by atoms with Crippen LogP contribution in [0.15, 0.2) is 5.16 Å². The number of hydrogen-bond acceptors (Lipinski definition) is 3. The summed E-state index contributed by atoms with van der Waals surface area (Å²) in [5.74, 6) is -0.482. The van der Waals surface area contributed by atoms with Crippen molar-refractivity contribution in [1.82, 2.24) is 0 Å². The Hall–Kier alpha value is -1.06. The van der Waals surface area contributed by atoms with Crippen molar-refractivity contribution in [2.45, 2.75) is 32.8 Å². The van der Waals surface area contributed by atoms with Crippen LogP contribution in [-0.4, -0.2) is 22.9 Å². The molecule has 0 aromatic rings. The topological polar surface area (TPSA) is 58.9 Å². The van der Waals surface area contributed by atoms with Gasteiger partial charge in [-0.1, -0.05) is 19.0 Å². The molecule has 1 aliphatic heterocycles. The highest BCUT2D eigenvalue weighted by Crippen LogP contribution is 2.18. The number of carboxylic acid groups (broad SMARTS) is 1. The maximum atomic E-state index is 10.3. The van der Waals surface area contributed by atoms with Gasteiger partial charge in [0, 0.05) is 6.42 Å². The number of nitrogens with zero attached hydrogens (tertiary/aromatic N) is 1. The second kappa shape index (κ2) is 3.56. The van der Waals surface area contributed by atoms with Crippen molar-refractivity contribution < 1.29 is 14.7 Å². The first kappa shape index (κ1) is 9.03. The summed E-state index contributed by atoms with van der Waals surface area (Å²) in [6.07, 6.45) is 0.448. The molecule has 4 heteroatoms. The fourth-order valence-electron chi connectivity index (χ4n) is 1.10. The molecule has 4 nitrogen and oxygen atoms in total. The van der Waals surface area contributed by atoms with Gasteiger partial charge >= 0.3 is 5.97 Å². The lowest BCUT2D eigenvalue weighted by molar-refractivity contribution is -0.139. The maximum absolute atomic E-state index is 10.3. The molecule has 1 aliphatic rings. The van der Waals surface area contributed by atoms with Crippen molar-refractivity contribution in [2.75, 3.05) is 0 Å². The molecule has 1 rings (SSSR count). The van der Waals surface area contributed by atoms with Crippen LogP contribution < -0.4 is 0 Å². The molecule has 1 unspecified atom stereocenters. The molecule has 68 valence electrons. The van der Waals surface area contributed by atoms with E-state index >= 15 is 0 Å². The Morgan fingerprint density at radius 1 is 1.83 bits per heavy atom. The summed E-state index contributed by atoms with van der Waals surface area (Å²) in [5.41, 5.74) is 0.959. The minimum Gasteiger partial charge on any atom is -0.481 e. The molecular weight excluding hydrogens is 158 g/mol. The van der Waals surface area contributed by atoms with Crippen LogP contribution in [0.25, 0.3) is 0 Å². The van der Waals surface area contributed by atoms with Gasteiger partial charge in [-0.25, -0.2) is 0 Å². The first-order valence-electron chi connectivity index (χ1n) is 4.04. The number of oxime groups is 1. The quantitative estimate of drug-likeness (QED) is 0.695. The molecule has 0 saturated carbocycles. The Balaban J connectivity index is 2.36. The molecule has 1 heterocycles. The fourth-order valence-corrected chi connectivity index (χ4v) is 1.10.